The van der Waals surface area contributed by atoms with Gasteiger partial charge in [-0.25, -0.2) is 4.79 Å². The van der Waals surface area contributed by atoms with Crippen LogP contribution in [-0.2, 0) is 9.53 Å². The molecule has 0 radical (unpaired) electrons. The van der Waals surface area contributed by atoms with Gasteiger partial charge in [0.05, 0.1) is 13.5 Å². The number of ether oxygens (including phenoxy) is 1. The Balaban J connectivity index is 1.67. The van der Waals surface area contributed by atoms with Gasteiger partial charge < -0.3 is 24.8 Å². The van der Waals surface area contributed by atoms with E-state index in [-0.39, 0.29) is 24.3 Å². The fourth-order valence-corrected chi connectivity index (χ4v) is 3.12. The van der Waals surface area contributed by atoms with Crippen LogP contribution in [0.2, 0.25) is 0 Å². The van der Waals surface area contributed by atoms with Crippen molar-refractivity contribution in [3.8, 4) is 11.3 Å². The zero-order valence-electron chi connectivity index (χ0n) is 18.9. The first-order valence-corrected chi connectivity index (χ1v) is 10.3. The van der Waals surface area contributed by atoms with E-state index in [9.17, 15) is 14.4 Å². The number of nitrogens with zero attached hydrogens (tertiary/aromatic N) is 2. The summed E-state index contributed by atoms with van der Waals surface area (Å²) in [6.07, 6.45) is 0.0675. The molecule has 1 aromatic heterocycles. The van der Waals surface area contributed by atoms with Gasteiger partial charge in [-0.15, -0.1) is 0 Å². The number of urea groups is 1. The number of hydrogen-bond donors (Lipinski definition) is 2. The predicted octanol–water partition coefficient (Wildman–Crippen LogP) is 4.32. The summed E-state index contributed by atoms with van der Waals surface area (Å²) in [6, 6.07) is 15.3. The molecule has 3 aromatic rings. The Kier molecular flexibility index (Phi) is 7.45. The van der Waals surface area contributed by atoms with Gasteiger partial charge in [-0.3, -0.25) is 9.59 Å². The second-order valence-corrected chi connectivity index (χ2v) is 7.65. The quantitative estimate of drug-likeness (QED) is 0.518. The minimum absolute atomic E-state index is 0.0415. The second-order valence-electron chi connectivity index (χ2n) is 7.65. The standard InChI is InChI=1S/C24H26N4O5/c1-15-7-5-9-18(11-15)25-24(31)26-19-10-6-8-17(13-19)20-14-21(33-27-20)23(30)28(3)16(2)12-22(29)32-4/h5-11,13-14,16H,12H2,1-4H3,(H2,25,26,31). The van der Waals surface area contributed by atoms with E-state index >= 15 is 0 Å². The summed E-state index contributed by atoms with van der Waals surface area (Å²) in [5.74, 6) is -0.770. The van der Waals surface area contributed by atoms with Crippen molar-refractivity contribution in [3.63, 3.8) is 0 Å². The number of methoxy groups -OCH3 is 1. The first kappa shape index (κ1) is 23.5. The van der Waals surface area contributed by atoms with E-state index in [1.54, 1.807) is 44.3 Å². The lowest BCUT2D eigenvalue weighted by atomic mass is 10.1. The second kappa shape index (κ2) is 10.4. The molecule has 172 valence electrons. The SMILES string of the molecule is COC(=O)CC(C)N(C)C(=O)c1cc(-c2cccc(NC(=O)Nc3cccc(C)c3)c2)no1. The number of hydrogen-bond acceptors (Lipinski definition) is 6. The number of amides is 3. The summed E-state index contributed by atoms with van der Waals surface area (Å²) < 4.78 is 9.89. The zero-order chi connectivity index (χ0) is 24.0. The van der Waals surface area contributed by atoms with E-state index < -0.39 is 11.9 Å². The molecule has 33 heavy (non-hydrogen) atoms. The van der Waals surface area contributed by atoms with Gasteiger partial charge in [0.1, 0.15) is 5.69 Å². The molecule has 9 heteroatoms. The summed E-state index contributed by atoms with van der Waals surface area (Å²) >= 11 is 0. The molecule has 9 nitrogen and oxygen atoms in total. The number of benzene rings is 2. The molecule has 0 saturated heterocycles. The van der Waals surface area contributed by atoms with Crippen molar-refractivity contribution in [3.05, 3.63) is 65.9 Å². The van der Waals surface area contributed by atoms with Crippen LogP contribution in [0.1, 0.15) is 29.5 Å². The Labute approximate surface area is 191 Å². The van der Waals surface area contributed by atoms with E-state index in [1.807, 2.05) is 25.1 Å². The highest BCUT2D eigenvalue weighted by Gasteiger charge is 2.24. The maximum atomic E-state index is 12.7. The van der Waals surface area contributed by atoms with Gasteiger partial charge in [-0.05, 0) is 43.7 Å². The van der Waals surface area contributed by atoms with Gasteiger partial charge in [0.2, 0.25) is 5.76 Å². The number of esters is 1. The fourth-order valence-electron chi connectivity index (χ4n) is 3.12. The lowest BCUT2D eigenvalue weighted by Crippen LogP contribution is -2.36. The molecule has 0 aliphatic carbocycles. The van der Waals surface area contributed by atoms with Crippen molar-refractivity contribution in [2.24, 2.45) is 0 Å². The van der Waals surface area contributed by atoms with Gasteiger partial charge in [0.25, 0.3) is 5.91 Å². The molecule has 1 atom stereocenters. The summed E-state index contributed by atoms with van der Waals surface area (Å²) in [4.78, 5) is 37.9. The van der Waals surface area contributed by atoms with Gasteiger partial charge in [-0.1, -0.05) is 29.4 Å². The summed E-state index contributed by atoms with van der Waals surface area (Å²) in [5, 5.41) is 9.54. The largest absolute Gasteiger partial charge is 0.469 e. The van der Waals surface area contributed by atoms with Gasteiger partial charge in [-0.2, -0.15) is 0 Å². The normalized spacial score (nSPS) is 11.4. The van der Waals surface area contributed by atoms with Crippen molar-refractivity contribution >= 4 is 29.3 Å². The lowest BCUT2D eigenvalue weighted by Gasteiger charge is -2.22. The van der Waals surface area contributed by atoms with Crippen molar-refractivity contribution in [1.29, 1.82) is 0 Å². The highest BCUT2D eigenvalue weighted by Crippen LogP contribution is 2.24. The number of anilines is 2. The minimum Gasteiger partial charge on any atom is -0.469 e. The molecule has 0 aliphatic heterocycles. The molecular weight excluding hydrogens is 424 g/mol. The van der Waals surface area contributed by atoms with Crippen LogP contribution in [0.25, 0.3) is 11.3 Å². The minimum atomic E-state index is -0.406. The van der Waals surface area contributed by atoms with E-state index in [0.29, 0.717) is 22.6 Å². The van der Waals surface area contributed by atoms with Crippen LogP contribution in [0.3, 0.4) is 0 Å². The molecule has 0 bridgehead atoms. The van der Waals surface area contributed by atoms with E-state index in [4.69, 9.17) is 4.52 Å². The molecule has 1 unspecified atom stereocenters. The lowest BCUT2D eigenvalue weighted by molar-refractivity contribution is -0.141. The Bertz CT molecular complexity index is 1160. The number of nitrogens with one attached hydrogen (secondary N) is 2. The Morgan fingerprint density at radius 2 is 1.73 bits per heavy atom. The third kappa shape index (κ3) is 6.19. The van der Waals surface area contributed by atoms with Crippen LogP contribution < -0.4 is 10.6 Å². The van der Waals surface area contributed by atoms with Crippen molar-refractivity contribution < 1.29 is 23.6 Å². The molecule has 0 aliphatic rings. The van der Waals surface area contributed by atoms with Crippen LogP contribution in [0.5, 0.6) is 0 Å². The zero-order valence-corrected chi connectivity index (χ0v) is 18.9. The number of carbonyl (C=O) groups excluding carboxylic acids is 3. The third-order valence-corrected chi connectivity index (χ3v) is 5.08. The molecule has 2 aromatic carbocycles. The smallest absolute Gasteiger partial charge is 0.323 e. The summed E-state index contributed by atoms with van der Waals surface area (Å²) in [6.45, 7) is 3.68. The number of aryl methyl sites for hydroxylation is 1. The molecule has 0 fully saturated rings. The van der Waals surface area contributed by atoms with Crippen molar-refractivity contribution in [2.75, 3.05) is 24.8 Å². The summed E-state index contributed by atoms with van der Waals surface area (Å²) in [7, 11) is 2.88. The first-order chi connectivity index (χ1) is 15.8. The number of rotatable bonds is 7. The fraction of sp³-hybridized carbons (Fsp3) is 0.250. The molecule has 2 N–H and O–H groups in total. The maximum Gasteiger partial charge on any atom is 0.323 e. The molecule has 1 heterocycles. The van der Waals surface area contributed by atoms with Crippen molar-refractivity contribution in [2.45, 2.75) is 26.3 Å². The molecule has 3 amide bonds. The van der Waals surface area contributed by atoms with E-state index in [1.165, 1.54) is 18.1 Å². The van der Waals surface area contributed by atoms with Gasteiger partial charge >= 0.3 is 12.0 Å². The monoisotopic (exact) mass is 450 g/mol. The first-order valence-electron chi connectivity index (χ1n) is 10.3. The van der Waals surface area contributed by atoms with Gasteiger partial charge in [0.15, 0.2) is 0 Å². The Morgan fingerprint density at radius 1 is 1.06 bits per heavy atom. The average molecular weight is 450 g/mol. The highest BCUT2D eigenvalue weighted by atomic mass is 16.5. The topological polar surface area (TPSA) is 114 Å². The maximum absolute atomic E-state index is 12.7. The van der Waals surface area contributed by atoms with Crippen LogP contribution in [0.4, 0.5) is 16.2 Å². The van der Waals surface area contributed by atoms with Crippen LogP contribution in [-0.4, -0.2) is 48.2 Å². The average Bonchev–Trinajstić information content (AvgIpc) is 3.28. The Morgan fingerprint density at radius 3 is 2.39 bits per heavy atom. The molecule has 0 saturated carbocycles. The third-order valence-electron chi connectivity index (χ3n) is 5.08. The number of carbonyl (C=O) groups is 3. The number of aromatic nitrogens is 1. The van der Waals surface area contributed by atoms with E-state index in [0.717, 1.165) is 5.56 Å². The molecule has 0 spiro atoms. The Hall–Kier alpha value is -4.14. The summed E-state index contributed by atoms with van der Waals surface area (Å²) in [5.41, 5.74) is 3.38. The van der Waals surface area contributed by atoms with E-state index in [2.05, 4.69) is 20.5 Å². The van der Waals surface area contributed by atoms with Crippen LogP contribution >= 0.6 is 0 Å². The van der Waals surface area contributed by atoms with Crippen LogP contribution in [0.15, 0.2) is 59.1 Å². The predicted molar refractivity (Wildman–Crippen MR) is 124 cm³/mol. The van der Waals surface area contributed by atoms with Crippen molar-refractivity contribution in [1.82, 2.24) is 10.1 Å². The van der Waals surface area contributed by atoms with Gasteiger partial charge in [0, 0.05) is 36.1 Å². The molecule has 3 rings (SSSR count). The highest BCUT2D eigenvalue weighted by molar-refractivity contribution is 6.00. The molecular formula is C24H26N4O5. The van der Waals surface area contributed by atoms with Crippen LogP contribution in [0, 0.1) is 6.92 Å².